The second-order valence-corrected chi connectivity index (χ2v) is 5.31. The fraction of sp³-hybridized carbons (Fsp3) is 0.200. The van der Waals surface area contributed by atoms with Crippen LogP contribution in [0.2, 0.25) is 0 Å². The lowest BCUT2D eigenvalue weighted by molar-refractivity contribution is 0.419. The fourth-order valence-corrected chi connectivity index (χ4v) is 2.91. The van der Waals surface area contributed by atoms with Crippen LogP contribution in [0.3, 0.4) is 0 Å². The Morgan fingerprint density at radius 3 is 2.80 bits per heavy atom. The Bertz CT molecular complexity index is 767. The van der Waals surface area contributed by atoms with Crippen LogP contribution in [-0.2, 0) is 0 Å². The molecule has 0 saturated heterocycles. The molecule has 0 bridgehead atoms. The Morgan fingerprint density at radius 2 is 2.10 bits per heavy atom. The van der Waals surface area contributed by atoms with Crippen molar-refractivity contribution >= 4 is 27.4 Å². The fourth-order valence-electron chi connectivity index (χ4n) is 2.24. The average molecular weight is 285 g/mol. The molecule has 0 unspecified atom stereocenters. The van der Waals surface area contributed by atoms with Gasteiger partial charge < -0.3 is 10.1 Å². The zero-order valence-electron chi connectivity index (χ0n) is 11.6. The number of ether oxygens (including phenoxy) is 1. The summed E-state index contributed by atoms with van der Waals surface area (Å²) in [5.41, 5.74) is 3.88. The van der Waals surface area contributed by atoms with Crippen molar-refractivity contribution in [2.45, 2.75) is 6.92 Å². The second-order valence-electron chi connectivity index (χ2n) is 4.46. The van der Waals surface area contributed by atoms with E-state index in [1.807, 2.05) is 26.1 Å². The summed E-state index contributed by atoms with van der Waals surface area (Å²) >= 11 is 1.59. The quantitative estimate of drug-likeness (QED) is 0.796. The number of nitrogens with zero attached hydrogens (tertiary/aromatic N) is 2. The van der Waals surface area contributed by atoms with Crippen molar-refractivity contribution in [1.82, 2.24) is 9.97 Å². The smallest absolute Gasteiger partial charge is 0.182 e. The Balaban J connectivity index is 2.29. The summed E-state index contributed by atoms with van der Waals surface area (Å²) in [5, 5.41) is 7.09. The SMILES string of the molecule is CNc1nc(-c2cc(C)nc3c(OC)cccc23)cs1. The summed E-state index contributed by atoms with van der Waals surface area (Å²) in [5.74, 6) is 0.788. The van der Waals surface area contributed by atoms with Gasteiger partial charge in [0.05, 0.1) is 12.8 Å². The topological polar surface area (TPSA) is 47.0 Å². The Hall–Kier alpha value is -2.14. The molecule has 1 aromatic carbocycles. The van der Waals surface area contributed by atoms with Crippen molar-refractivity contribution in [2.75, 3.05) is 19.5 Å². The van der Waals surface area contributed by atoms with E-state index in [2.05, 4.69) is 32.8 Å². The van der Waals surface area contributed by atoms with Crippen LogP contribution in [0.4, 0.5) is 5.13 Å². The van der Waals surface area contributed by atoms with Crippen molar-refractivity contribution in [3.8, 4) is 17.0 Å². The van der Waals surface area contributed by atoms with Crippen molar-refractivity contribution in [3.05, 3.63) is 35.3 Å². The highest BCUT2D eigenvalue weighted by molar-refractivity contribution is 7.14. The van der Waals surface area contributed by atoms with Crippen molar-refractivity contribution in [1.29, 1.82) is 0 Å². The van der Waals surface area contributed by atoms with E-state index in [-0.39, 0.29) is 0 Å². The molecular weight excluding hydrogens is 270 g/mol. The van der Waals surface area contributed by atoms with Crippen molar-refractivity contribution in [2.24, 2.45) is 0 Å². The third kappa shape index (κ3) is 2.10. The molecule has 0 spiro atoms. The molecule has 0 radical (unpaired) electrons. The monoisotopic (exact) mass is 285 g/mol. The Kier molecular flexibility index (Phi) is 3.28. The molecule has 5 heteroatoms. The second kappa shape index (κ2) is 5.09. The summed E-state index contributed by atoms with van der Waals surface area (Å²) in [6.45, 7) is 1.99. The summed E-state index contributed by atoms with van der Waals surface area (Å²) in [4.78, 5) is 9.18. The van der Waals surface area contributed by atoms with E-state index in [9.17, 15) is 0 Å². The normalized spacial score (nSPS) is 10.8. The lowest BCUT2D eigenvalue weighted by Crippen LogP contribution is -1.93. The van der Waals surface area contributed by atoms with Gasteiger partial charge in [-0.15, -0.1) is 11.3 Å². The van der Waals surface area contributed by atoms with Gasteiger partial charge in [0.15, 0.2) is 5.13 Å². The predicted molar refractivity (Wildman–Crippen MR) is 83.7 cm³/mol. The number of anilines is 1. The highest BCUT2D eigenvalue weighted by Gasteiger charge is 2.12. The first-order chi connectivity index (χ1) is 9.72. The minimum absolute atomic E-state index is 0.788. The number of aromatic nitrogens is 2. The average Bonchev–Trinajstić information content (AvgIpc) is 2.94. The van der Waals surface area contributed by atoms with E-state index < -0.39 is 0 Å². The summed E-state index contributed by atoms with van der Waals surface area (Å²) in [6.07, 6.45) is 0. The number of methoxy groups -OCH3 is 1. The van der Waals surface area contributed by atoms with Crippen LogP contribution in [0.25, 0.3) is 22.2 Å². The third-order valence-electron chi connectivity index (χ3n) is 3.14. The van der Waals surface area contributed by atoms with Crippen LogP contribution in [0.15, 0.2) is 29.6 Å². The van der Waals surface area contributed by atoms with Gasteiger partial charge in [0.1, 0.15) is 11.3 Å². The standard InChI is InChI=1S/C15H15N3OS/c1-9-7-11(12-8-20-15(16-2)18-12)10-5-4-6-13(19-3)14(10)17-9/h4-8H,1-3H3,(H,16,18). The van der Waals surface area contributed by atoms with Crippen molar-refractivity contribution < 1.29 is 4.74 Å². The summed E-state index contributed by atoms with van der Waals surface area (Å²) in [6, 6.07) is 8.03. The maximum atomic E-state index is 5.41. The number of rotatable bonds is 3. The van der Waals surface area contributed by atoms with Gasteiger partial charge in [-0.2, -0.15) is 0 Å². The van der Waals surface area contributed by atoms with E-state index >= 15 is 0 Å². The number of fused-ring (bicyclic) bond motifs is 1. The summed E-state index contributed by atoms with van der Waals surface area (Å²) < 4.78 is 5.41. The van der Waals surface area contributed by atoms with Crippen LogP contribution < -0.4 is 10.1 Å². The minimum Gasteiger partial charge on any atom is -0.494 e. The number of benzene rings is 1. The molecule has 3 rings (SSSR count). The molecule has 0 fully saturated rings. The number of pyridine rings is 1. The Morgan fingerprint density at radius 1 is 1.25 bits per heavy atom. The van der Waals surface area contributed by atoms with Gasteiger partial charge in [0.2, 0.25) is 0 Å². The molecule has 3 aromatic rings. The zero-order valence-corrected chi connectivity index (χ0v) is 12.4. The lowest BCUT2D eigenvalue weighted by atomic mass is 10.1. The molecule has 0 aliphatic heterocycles. The van der Waals surface area contributed by atoms with Crippen LogP contribution >= 0.6 is 11.3 Å². The molecule has 0 saturated carbocycles. The minimum atomic E-state index is 0.788. The van der Waals surface area contributed by atoms with E-state index in [0.29, 0.717) is 0 Å². The first-order valence-electron chi connectivity index (χ1n) is 6.31. The number of aryl methyl sites for hydroxylation is 1. The molecule has 102 valence electrons. The molecule has 1 N–H and O–H groups in total. The molecule has 0 atom stereocenters. The maximum Gasteiger partial charge on any atom is 0.182 e. The molecule has 0 aliphatic rings. The van der Waals surface area contributed by atoms with E-state index in [1.54, 1.807) is 18.4 Å². The number of hydrogen-bond acceptors (Lipinski definition) is 5. The van der Waals surface area contributed by atoms with Gasteiger partial charge in [-0.25, -0.2) is 9.97 Å². The number of thiazole rings is 1. The van der Waals surface area contributed by atoms with Crippen LogP contribution in [0.1, 0.15) is 5.69 Å². The number of nitrogens with one attached hydrogen (secondary N) is 1. The number of hydrogen-bond donors (Lipinski definition) is 1. The first kappa shape index (κ1) is 12.9. The number of para-hydroxylation sites is 1. The highest BCUT2D eigenvalue weighted by Crippen LogP contribution is 2.34. The van der Waals surface area contributed by atoms with Gasteiger partial charge in [0, 0.05) is 29.1 Å². The van der Waals surface area contributed by atoms with Crippen LogP contribution in [0.5, 0.6) is 5.75 Å². The molecule has 20 heavy (non-hydrogen) atoms. The van der Waals surface area contributed by atoms with Gasteiger partial charge in [0.25, 0.3) is 0 Å². The summed E-state index contributed by atoms with van der Waals surface area (Å²) in [7, 11) is 3.54. The largest absolute Gasteiger partial charge is 0.494 e. The van der Waals surface area contributed by atoms with Gasteiger partial charge in [-0.05, 0) is 19.1 Å². The van der Waals surface area contributed by atoms with E-state index in [4.69, 9.17) is 4.74 Å². The maximum absolute atomic E-state index is 5.41. The van der Waals surface area contributed by atoms with Gasteiger partial charge >= 0.3 is 0 Å². The van der Waals surface area contributed by atoms with Crippen LogP contribution in [-0.4, -0.2) is 24.1 Å². The first-order valence-corrected chi connectivity index (χ1v) is 7.19. The molecule has 2 heterocycles. The molecule has 0 aliphatic carbocycles. The van der Waals surface area contributed by atoms with E-state index in [0.717, 1.165) is 38.7 Å². The predicted octanol–water partition coefficient (Wildman–Crippen LogP) is 3.72. The van der Waals surface area contributed by atoms with Gasteiger partial charge in [-0.3, -0.25) is 0 Å². The van der Waals surface area contributed by atoms with Crippen LogP contribution in [0, 0.1) is 6.92 Å². The molecule has 2 aromatic heterocycles. The Labute approximate surface area is 121 Å². The molecule has 0 amide bonds. The molecular formula is C15H15N3OS. The van der Waals surface area contributed by atoms with E-state index in [1.165, 1.54) is 0 Å². The third-order valence-corrected chi connectivity index (χ3v) is 4.00. The van der Waals surface area contributed by atoms with Gasteiger partial charge in [-0.1, -0.05) is 12.1 Å². The lowest BCUT2D eigenvalue weighted by Gasteiger charge is -2.09. The molecule has 4 nitrogen and oxygen atoms in total. The van der Waals surface area contributed by atoms with Crippen molar-refractivity contribution in [3.63, 3.8) is 0 Å². The zero-order chi connectivity index (χ0) is 14.1. The highest BCUT2D eigenvalue weighted by atomic mass is 32.1.